The molecule has 0 spiro atoms. The van der Waals surface area contributed by atoms with Crippen LogP contribution in [0.4, 0.5) is 4.39 Å². The van der Waals surface area contributed by atoms with E-state index in [1.807, 2.05) is 41.1 Å². The van der Waals surface area contributed by atoms with E-state index in [0.29, 0.717) is 11.4 Å². The van der Waals surface area contributed by atoms with Crippen molar-refractivity contribution in [2.45, 2.75) is 13.3 Å². The molecule has 0 aliphatic carbocycles. The minimum atomic E-state index is -0.318. The van der Waals surface area contributed by atoms with Gasteiger partial charge in [0, 0.05) is 17.3 Å². The molecule has 4 rings (SSSR count). The van der Waals surface area contributed by atoms with Crippen LogP contribution < -0.4 is 0 Å². The van der Waals surface area contributed by atoms with Gasteiger partial charge in [-0.05, 0) is 42.8 Å². The molecule has 4 aromatic rings. The van der Waals surface area contributed by atoms with Crippen LogP contribution in [0.25, 0.3) is 28.1 Å². The molecule has 0 saturated carbocycles. The van der Waals surface area contributed by atoms with Crippen molar-refractivity contribution < 1.29 is 4.39 Å². The van der Waals surface area contributed by atoms with Crippen LogP contribution in [-0.2, 0) is 6.42 Å². The minimum absolute atomic E-state index is 0.318. The summed E-state index contributed by atoms with van der Waals surface area (Å²) in [5.74, 6) is 0.861. The van der Waals surface area contributed by atoms with E-state index >= 15 is 0 Å². The molecule has 0 aliphatic heterocycles. The van der Waals surface area contributed by atoms with Crippen molar-refractivity contribution in [3.8, 4) is 17.2 Å². The fourth-order valence-electron chi connectivity index (χ4n) is 2.92. The van der Waals surface area contributed by atoms with Crippen LogP contribution in [0.5, 0.6) is 0 Å². The molecule has 0 radical (unpaired) electrons. The summed E-state index contributed by atoms with van der Waals surface area (Å²) in [6.45, 7) is 2.10. The second kappa shape index (κ2) is 5.89. The summed E-state index contributed by atoms with van der Waals surface area (Å²) in [5, 5.41) is 0.948. The maximum atomic E-state index is 14.2. The number of hydrogen-bond acceptors (Lipinski definition) is 2. The largest absolute Gasteiger partial charge is 0.305 e. The summed E-state index contributed by atoms with van der Waals surface area (Å²) in [5.41, 5.74) is 2.37. The zero-order chi connectivity index (χ0) is 16.5. The lowest BCUT2D eigenvalue weighted by molar-refractivity contribution is 0.630. The molecule has 2 aromatic carbocycles. The standard InChI is InChI=1S/C20H16FN3/c1-2-14-8-7-13-24(14)20-16-10-4-6-12-18(16)22-19(23-20)15-9-3-5-11-17(15)21/h3-13H,2H2,1H3. The van der Waals surface area contributed by atoms with Crippen LogP contribution >= 0.6 is 0 Å². The van der Waals surface area contributed by atoms with E-state index in [1.165, 1.54) is 6.07 Å². The Morgan fingerprint density at radius 2 is 1.71 bits per heavy atom. The maximum Gasteiger partial charge on any atom is 0.165 e. The number of aromatic nitrogens is 3. The van der Waals surface area contributed by atoms with Crippen molar-refractivity contribution >= 4 is 10.9 Å². The fourth-order valence-corrected chi connectivity index (χ4v) is 2.92. The summed E-state index contributed by atoms with van der Waals surface area (Å²) < 4.78 is 16.3. The first-order valence-electron chi connectivity index (χ1n) is 7.96. The first-order chi connectivity index (χ1) is 11.8. The van der Waals surface area contributed by atoms with E-state index in [-0.39, 0.29) is 5.82 Å². The molecular weight excluding hydrogens is 301 g/mol. The number of benzene rings is 2. The summed E-state index contributed by atoms with van der Waals surface area (Å²) in [6, 6.07) is 18.5. The van der Waals surface area contributed by atoms with E-state index < -0.39 is 0 Å². The van der Waals surface area contributed by atoms with Crippen LogP contribution in [-0.4, -0.2) is 14.5 Å². The number of aryl methyl sites for hydroxylation is 1. The molecule has 24 heavy (non-hydrogen) atoms. The number of halogens is 1. The summed E-state index contributed by atoms with van der Waals surface area (Å²) in [4.78, 5) is 9.26. The van der Waals surface area contributed by atoms with Gasteiger partial charge in [0.25, 0.3) is 0 Å². The second-order valence-corrected chi connectivity index (χ2v) is 5.59. The lowest BCUT2D eigenvalue weighted by Crippen LogP contribution is -2.04. The SMILES string of the molecule is CCc1cccn1-c1nc(-c2ccccc2F)nc2ccccc12. The van der Waals surface area contributed by atoms with Crippen LogP contribution in [0, 0.1) is 5.82 Å². The average Bonchev–Trinajstić information content (AvgIpc) is 3.09. The molecular formula is C20H16FN3. The predicted octanol–water partition coefficient (Wildman–Crippen LogP) is 4.79. The Kier molecular flexibility index (Phi) is 3.58. The third kappa shape index (κ3) is 2.36. The van der Waals surface area contributed by atoms with Gasteiger partial charge in [-0.3, -0.25) is 0 Å². The van der Waals surface area contributed by atoms with E-state index in [0.717, 1.165) is 28.8 Å². The molecule has 4 heteroatoms. The topological polar surface area (TPSA) is 30.7 Å². The van der Waals surface area contributed by atoms with Crippen molar-refractivity contribution in [3.63, 3.8) is 0 Å². The Balaban J connectivity index is 2.04. The van der Waals surface area contributed by atoms with Crippen molar-refractivity contribution in [1.82, 2.24) is 14.5 Å². The van der Waals surface area contributed by atoms with Gasteiger partial charge in [-0.15, -0.1) is 0 Å². The molecule has 0 fully saturated rings. The van der Waals surface area contributed by atoms with Crippen molar-refractivity contribution in [2.75, 3.05) is 0 Å². The third-order valence-electron chi connectivity index (χ3n) is 4.12. The van der Waals surface area contributed by atoms with Crippen LogP contribution in [0.2, 0.25) is 0 Å². The van der Waals surface area contributed by atoms with Gasteiger partial charge < -0.3 is 4.57 Å². The molecule has 0 atom stereocenters. The second-order valence-electron chi connectivity index (χ2n) is 5.59. The van der Waals surface area contributed by atoms with Crippen molar-refractivity contribution in [1.29, 1.82) is 0 Å². The lowest BCUT2D eigenvalue weighted by Gasteiger charge is -2.12. The highest BCUT2D eigenvalue weighted by atomic mass is 19.1. The molecule has 2 heterocycles. The maximum absolute atomic E-state index is 14.2. The van der Waals surface area contributed by atoms with Gasteiger partial charge in [-0.25, -0.2) is 14.4 Å². The molecule has 0 unspecified atom stereocenters. The lowest BCUT2D eigenvalue weighted by atomic mass is 10.1. The van der Waals surface area contributed by atoms with Gasteiger partial charge in [0.2, 0.25) is 0 Å². The molecule has 0 aliphatic rings. The number of hydrogen-bond donors (Lipinski definition) is 0. The van der Waals surface area contributed by atoms with Gasteiger partial charge in [-0.1, -0.05) is 31.2 Å². The number of fused-ring (bicyclic) bond motifs is 1. The van der Waals surface area contributed by atoms with Gasteiger partial charge >= 0.3 is 0 Å². The highest BCUT2D eigenvalue weighted by Gasteiger charge is 2.14. The third-order valence-corrected chi connectivity index (χ3v) is 4.12. The average molecular weight is 317 g/mol. The predicted molar refractivity (Wildman–Crippen MR) is 93.6 cm³/mol. The molecule has 0 amide bonds. The Morgan fingerprint density at radius 3 is 2.54 bits per heavy atom. The number of para-hydroxylation sites is 1. The Labute approximate surface area is 139 Å². The van der Waals surface area contributed by atoms with E-state index in [1.54, 1.807) is 18.2 Å². The summed E-state index contributed by atoms with van der Waals surface area (Å²) >= 11 is 0. The quantitative estimate of drug-likeness (QED) is 0.544. The minimum Gasteiger partial charge on any atom is -0.305 e. The highest BCUT2D eigenvalue weighted by Crippen LogP contribution is 2.26. The van der Waals surface area contributed by atoms with Gasteiger partial charge in [0.15, 0.2) is 5.82 Å². The molecule has 0 saturated heterocycles. The number of nitrogens with zero attached hydrogens (tertiary/aromatic N) is 3. The summed E-state index contributed by atoms with van der Waals surface area (Å²) in [7, 11) is 0. The normalized spacial score (nSPS) is 11.1. The van der Waals surface area contributed by atoms with E-state index in [2.05, 4.69) is 18.0 Å². The first kappa shape index (κ1) is 14.6. The zero-order valence-corrected chi connectivity index (χ0v) is 13.3. The molecule has 0 N–H and O–H groups in total. The molecule has 2 aromatic heterocycles. The molecule has 3 nitrogen and oxygen atoms in total. The molecule has 0 bridgehead atoms. The van der Waals surface area contributed by atoms with Crippen LogP contribution in [0.3, 0.4) is 0 Å². The highest BCUT2D eigenvalue weighted by molar-refractivity contribution is 5.87. The van der Waals surface area contributed by atoms with Crippen molar-refractivity contribution in [2.24, 2.45) is 0 Å². The smallest absolute Gasteiger partial charge is 0.165 e. The fraction of sp³-hybridized carbons (Fsp3) is 0.100. The van der Waals surface area contributed by atoms with Crippen LogP contribution in [0.1, 0.15) is 12.6 Å². The monoisotopic (exact) mass is 317 g/mol. The number of rotatable bonds is 3. The Morgan fingerprint density at radius 1 is 0.917 bits per heavy atom. The molecule has 118 valence electrons. The van der Waals surface area contributed by atoms with Crippen molar-refractivity contribution in [3.05, 3.63) is 78.4 Å². The zero-order valence-electron chi connectivity index (χ0n) is 13.3. The van der Waals surface area contributed by atoms with E-state index in [9.17, 15) is 4.39 Å². The Bertz CT molecular complexity index is 1020. The van der Waals surface area contributed by atoms with Crippen LogP contribution in [0.15, 0.2) is 66.9 Å². The van der Waals surface area contributed by atoms with Gasteiger partial charge in [0.05, 0.1) is 11.1 Å². The Hall–Kier alpha value is -3.01. The summed E-state index contributed by atoms with van der Waals surface area (Å²) in [6.07, 6.45) is 2.87. The van der Waals surface area contributed by atoms with Gasteiger partial charge in [0.1, 0.15) is 11.6 Å². The van der Waals surface area contributed by atoms with E-state index in [4.69, 9.17) is 4.98 Å². The first-order valence-corrected chi connectivity index (χ1v) is 7.96. The van der Waals surface area contributed by atoms with Gasteiger partial charge in [-0.2, -0.15) is 0 Å².